The van der Waals surface area contributed by atoms with Gasteiger partial charge in [-0.2, -0.15) is 4.98 Å². The van der Waals surface area contributed by atoms with E-state index in [1.54, 1.807) is 0 Å². The van der Waals surface area contributed by atoms with E-state index in [0.717, 1.165) is 55.7 Å². The normalized spacial score (nSPS) is 13.9. The highest BCUT2D eigenvalue weighted by Gasteiger charge is 2.15. The maximum atomic E-state index is 5.49. The summed E-state index contributed by atoms with van der Waals surface area (Å²) in [6.45, 7) is 8.11. The maximum absolute atomic E-state index is 5.49. The van der Waals surface area contributed by atoms with Crippen LogP contribution in [-0.2, 0) is 11.3 Å². The molecule has 6 nitrogen and oxygen atoms in total. The molecule has 0 aliphatic carbocycles. The summed E-state index contributed by atoms with van der Waals surface area (Å²) in [6, 6.07) is 18.6. The number of hydrogen-bond donors (Lipinski definition) is 2. The highest BCUT2D eigenvalue weighted by molar-refractivity contribution is 5.73. The summed E-state index contributed by atoms with van der Waals surface area (Å²) < 4.78 is 5.49. The molecule has 2 aromatic carbocycles. The lowest BCUT2D eigenvalue weighted by molar-refractivity contribution is 0.123. The van der Waals surface area contributed by atoms with Gasteiger partial charge >= 0.3 is 0 Å². The highest BCUT2D eigenvalue weighted by atomic mass is 16.5. The molecule has 3 aromatic rings. The van der Waals surface area contributed by atoms with Crippen molar-refractivity contribution in [2.75, 3.05) is 41.8 Å². The zero-order valence-corrected chi connectivity index (χ0v) is 17.0. The summed E-state index contributed by atoms with van der Waals surface area (Å²) >= 11 is 0. The number of morpholine rings is 1. The number of nitrogens with one attached hydrogen (secondary N) is 2. The minimum Gasteiger partial charge on any atom is -0.378 e. The minimum absolute atomic E-state index is 0.595. The molecule has 0 radical (unpaired) electrons. The van der Waals surface area contributed by atoms with Gasteiger partial charge in [0.2, 0.25) is 5.95 Å². The van der Waals surface area contributed by atoms with E-state index in [2.05, 4.69) is 74.9 Å². The molecule has 0 atom stereocenters. The molecule has 6 heteroatoms. The van der Waals surface area contributed by atoms with Gasteiger partial charge in [-0.15, -0.1) is 0 Å². The molecule has 1 aliphatic heterocycles. The van der Waals surface area contributed by atoms with Gasteiger partial charge in [-0.1, -0.05) is 36.4 Å². The molecule has 2 heterocycles. The summed E-state index contributed by atoms with van der Waals surface area (Å²) in [6.07, 6.45) is 0. The molecular weight excluding hydrogens is 362 g/mol. The number of ether oxygens (including phenoxy) is 1. The van der Waals surface area contributed by atoms with Gasteiger partial charge in [0.15, 0.2) is 0 Å². The predicted molar refractivity (Wildman–Crippen MR) is 118 cm³/mol. The first-order valence-electron chi connectivity index (χ1n) is 10.0. The molecule has 0 saturated carbocycles. The smallest absolute Gasteiger partial charge is 0.229 e. The van der Waals surface area contributed by atoms with Crippen LogP contribution in [0, 0.1) is 13.8 Å². The Morgan fingerprint density at radius 3 is 2.55 bits per heavy atom. The number of hydrogen-bond acceptors (Lipinski definition) is 6. The van der Waals surface area contributed by atoms with Crippen LogP contribution in [0.4, 0.5) is 23.1 Å². The van der Waals surface area contributed by atoms with Crippen molar-refractivity contribution >= 4 is 23.1 Å². The number of aromatic nitrogens is 2. The Labute approximate surface area is 172 Å². The Morgan fingerprint density at radius 1 is 0.966 bits per heavy atom. The third-order valence-electron chi connectivity index (χ3n) is 5.08. The quantitative estimate of drug-likeness (QED) is 0.656. The Morgan fingerprint density at radius 2 is 1.72 bits per heavy atom. The highest BCUT2D eigenvalue weighted by Crippen LogP contribution is 2.28. The standard InChI is InChI=1S/C23H27N5O/c1-17-7-3-4-8-19(17)16-24-22-15-18(2)25-23(27-22)26-20-9-5-6-10-21(20)28-11-13-29-14-12-28/h3-10,15H,11-14,16H2,1-2H3,(H2,24,25,26,27). The Kier molecular flexibility index (Phi) is 5.91. The summed E-state index contributed by atoms with van der Waals surface area (Å²) in [5, 5.41) is 6.84. The summed E-state index contributed by atoms with van der Waals surface area (Å²) in [5.74, 6) is 1.41. The molecule has 1 saturated heterocycles. The van der Waals surface area contributed by atoms with Crippen LogP contribution >= 0.6 is 0 Å². The number of rotatable bonds is 6. The second kappa shape index (κ2) is 8.92. The second-order valence-electron chi connectivity index (χ2n) is 7.24. The molecule has 0 spiro atoms. The van der Waals surface area contributed by atoms with E-state index in [0.29, 0.717) is 5.95 Å². The molecule has 0 amide bonds. The number of anilines is 4. The fraction of sp³-hybridized carbons (Fsp3) is 0.304. The molecule has 29 heavy (non-hydrogen) atoms. The van der Waals surface area contributed by atoms with E-state index < -0.39 is 0 Å². The van der Waals surface area contributed by atoms with Gasteiger partial charge in [-0.25, -0.2) is 4.98 Å². The van der Waals surface area contributed by atoms with E-state index in [1.165, 1.54) is 11.1 Å². The first-order chi connectivity index (χ1) is 14.2. The first kappa shape index (κ1) is 19.2. The van der Waals surface area contributed by atoms with Gasteiger partial charge < -0.3 is 20.3 Å². The lowest BCUT2D eigenvalue weighted by atomic mass is 10.1. The molecule has 1 aliphatic rings. The van der Waals surface area contributed by atoms with E-state index in [9.17, 15) is 0 Å². The summed E-state index contributed by atoms with van der Waals surface area (Å²) in [7, 11) is 0. The first-order valence-corrected chi connectivity index (χ1v) is 10.0. The largest absolute Gasteiger partial charge is 0.378 e. The molecule has 1 aromatic heterocycles. The van der Waals surface area contributed by atoms with Crippen molar-refractivity contribution < 1.29 is 4.74 Å². The fourth-order valence-corrected chi connectivity index (χ4v) is 3.49. The van der Waals surface area contributed by atoms with Crippen molar-refractivity contribution in [1.29, 1.82) is 0 Å². The van der Waals surface area contributed by atoms with Crippen LogP contribution < -0.4 is 15.5 Å². The van der Waals surface area contributed by atoms with Crippen LogP contribution in [-0.4, -0.2) is 36.3 Å². The van der Waals surface area contributed by atoms with Gasteiger partial charge in [-0.3, -0.25) is 0 Å². The number of nitrogens with zero attached hydrogens (tertiary/aromatic N) is 3. The van der Waals surface area contributed by atoms with Gasteiger partial charge in [0.25, 0.3) is 0 Å². The molecule has 0 bridgehead atoms. The zero-order valence-electron chi connectivity index (χ0n) is 17.0. The number of para-hydroxylation sites is 2. The second-order valence-corrected chi connectivity index (χ2v) is 7.24. The van der Waals surface area contributed by atoms with E-state index >= 15 is 0 Å². The number of aryl methyl sites for hydroxylation is 2. The maximum Gasteiger partial charge on any atom is 0.229 e. The molecule has 1 fully saturated rings. The molecule has 0 unspecified atom stereocenters. The van der Waals surface area contributed by atoms with Gasteiger partial charge in [0.05, 0.1) is 24.6 Å². The summed E-state index contributed by atoms with van der Waals surface area (Å²) in [4.78, 5) is 11.6. The van der Waals surface area contributed by atoms with E-state index in [4.69, 9.17) is 4.74 Å². The van der Waals surface area contributed by atoms with Crippen LogP contribution in [0.1, 0.15) is 16.8 Å². The van der Waals surface area contributed by atoms with Crippen molar-refractivity contribution in [3.63, 3.8) is 0 Å². The van der Waals surface area contributed by atoms with Crippen molar-refractivity contribution in [1.82, 2.24) is 9.97 Å². The molecule has 150 valence electrons. The molecule has 4 rings (SSSR count). The van der Waals surface area contributed by atoms with Crippen molar-refractivity contribution in [3.05, 3.63) is 71.4 Å². The zero-order chi connectivity index (χ0) is 20.1. The van der Waals surface area contributed by atoms with Crippen molar-refractivity contribution in [2.24, 2.45) is 0 Å². The van der Waals surface area contributed by atoms with Gasteiger partial charge in [0.1, 0.15) is 5.82 Å². The average Bonchev–Trinajstić information content (AvgIpc) is 2.74. The average molecular weight is 390 g/mol. The van der Waals surface area contributed by atoms with Gasteiger partial charge in [-0.05, 0) is 37.1 Å². The molecule has 2 N–H and O–H groups in total. The van der Waals surface area contributed by atoms with Crippen molar-refractivity contribution in [2.45, 2.75) is 20.4 Å². The Bertz CT molecular complexity index is 969. The molecular formula is C23H27N5O. The van der Waals surface area contributed by atoms with E-state index in [1.807, 2.05) is 19.1 Å². The topological polar surface area (TPSA) is 62.3 Å². The van der Waals surface area contributed by atoms with Crippen LogP contribution in [0.3, 0.4) is 0 Å². The van der Waals surface area contributed by atoms with E-state index in [-0.39, 0.29) is 0 Å². The lowest BCUT2D eigenvalue weighted by Gasteiger charge is -2.30. The van der Waals surface area contributed by atoms with Crippen LogP contribution in [0.15, 0.2) is 54.6 Å². The monoisotopic (exact) mass is 389 g/mol. The van der Waals surface area contributed by atoms with Crippen molar-refractivity contribution in [3.8, 4) is 0 Å². The third-order valence-corrected chi connectivity index (χ3v) is 5.08. The Hall–Kier alpha value is -3.12. The Balaban J connectivity index is 1.52. The van der Waals surface area contributed by atoms with Crippen LogP contribution in [0.25, 0.3) is 0 Å². The summed E-state index contributed by atoms with van der Waals surface area (Å²) in [5.41, 5.74) is 5.60. The fourth-order valence-electron chi connectivity index (χ4n) is 3.49. The number of benzene rings is 2. The minimum atomic E-state index is 0.595. The predicted octanol–water partition coefficient (Wildman–Crippen LogP) is 4.29. The third kappa shape index (κ3) is 4.84. The van der Waals surface area contributed by atoms with Gasteiger partial charge in [0, 0.05) is 31.4 Å². The SMILES string of the molecule is Cc1cc(NCc2ccccc2C)nc(Nc2ccccc2N2CCOCC2)n1. The van der Waals surface area contributed by atoms with Crippen LogP contribution in [0.2, 0.25) is 0 Å². The van der Waals surface area contributed by atoms with Crippen LogP contribution in [0.5, 0.6) is 0 Å². The lowest BCUT2D eigenvalue weighted by Crippen LogP contribution is -2.36.